The third-order valence-corrected chi connectivity index (χ3v) is 5.42. The van der Waals surface area contributed by atoms with E-state index in [0.717, 1.165) is 32.5 Å². The maximum absolute atomic E-state index is 12.3. The minimum atomic E-state index is -0.417. The molecule has 2 aromatic carbocycles. The van der Waals surface area contributed by atoms with E-state index in [1.54, 1.807) is 24.3 Å². The number of carbonyl (C=O) groups excluding carboxylic acids is 2. The molecule has 4 rings (SSSR count). The molecule has 0 aliphatic rings. The number of hydrogen-bond donors (Lipinski definition) is 2. The van der Waals surface area contributed by atoms with Crippen molar-refractivity contribution >= 4 is 51.3 Å². The number of benzene rings is 2. The number of aromatic amines is 1. The Balaban J connectivity index is 1.47. The molecular weight excluding hydrogens is 388 g/mol. The lowest BCUT2D eigenvalue weighted by molar-refractivity contribution is -0.113. The highest BCUT2D eigenvalue weighted by Gasteiger charge is 2.13. The maximum atomic E-state index is 12.3. The van der Waals surface area contributed by atoms with Crippen molar-refractivity contribution in [2.24, 2.45) is 0 Å². The molecule has 146 valence electrons. The summed E-state index contributed by atoms with van der Waals surface area (Å²) in [6.45, 7) is 2.04. The molecule has 0 saturated heterocycles. The summed E-state index contributed by atoms with van der Waals surface area (Å²) in [5.41, 5.74) is 4.86. The smallest absolute Gasteiger partial charge is 0.337 e. The van der Waals surface area contributed by atoms with Crippen molar-refractivity contribution in [3.05, 3.63) is 59.9 Å². The molecule has 0 atom stereocenters. The largest absolute Gasteiger partial charge is 0.465 e. The number of ether oxygens (including phenoxy) is 1. The molecule has 7 nitrogen and oxygen atoms in total. The van der Waals surface area contributed by atoms with Gasteiger partial charge in [0.2, 0.25) is 5.91 Å². The van der Waals surface area contributed by atoms with Gasteiger partial charge < -0.3 is 15.0 Å². The minimum Gasteiger partial charge on any atom is -0.465 e. The van der Waals surface area contributed by atoms with Crippen LogP contribution in [0.2, 0.25) is 0 Å². The molecule has 8 heteroatoms. The van der Waals surface area contributed by atoms with Crippen LogP contribution in [0.3, 0.4) is 0 Å². The van der Waals surface area contributed by atoms with E-state index >= 15 is 0 Å². The zero-order valence-corrected chi connectivity index (χ0v) is 16.7. The molecule has 4 aromatic rings. The standard InChI is InChI=1S/C21H18N4O3S/c1-12-3-8-16-15(9-12)18-19(25-16)20(23-11-22-18)29-10-17(26)24-14-6-4-13(5-7-14)21(27)28-2/h3-9,11,25H,10H2,1-2H3,(H,24,26). The van der Waals surface area contributed by atoms with Crippen LogP contribution >= 0.6 is 11.8 Å². The number of H-pyrrole nitrogens is 1. The van der Waals surface area contributed by atoms with Gasteiger partial charge in [0.15, 0.2) is 0 Å². The van der Waals surface area contributed by atoms with Crippen LogP contribution in [0.15, 0.2) is 53.8 Å². The van der Waals surface area contributed by atoms with Crippen molar-refractivity contribution in [3.8, 4) is 0 Å². The van der Waals surface area contributed by atoms with Crippen LogP contribution in [0.4, 0.5) is 5.69 Å². The number of esters is 1. The maximum Gasteiger partial charge on any atom is 0.337 e. The van der Waals surface area contributed by atoms with E-state index in [1.165, 1.54) is 25.2 Å². The lowest BCUT2D eigenvalue weighted by Gasteiger charge is -2.06. The van der Waals surface area contributed by atoms with Crippen LogP contribution in [0, 0.1) is 6.92 Å². The van der Waals surface area contributed by atoms with Crippen molar-refractivity contribution in [2.75, 3.05) is 18.2 Å². The summed E-state index contributed by atoms with van der Waals surface area (Å²) >= 11 is 1.34. The summed E-state index contributed by atoms with van der Waals surface area (Å²) in [5, 5.41) is 4.58. The quantitative estimate of drug-likeness (QED) is 0.296. The van der Waals surface area contributed by atoms with E-state index in [9.17, 15) is 9.59 Å². The van der Waals surface area contributed by atoms with Crippen molar-refractivity contribution < 1.29 is 14.3 Å². The number of aromatic nitrogens is 3. The summed E-state index contributed by atoms with van der Waals surface area (Å²) in [6.07, 6.45) is 1.52. The Morgan fingerprint density at radius 2 is 1.93 bits per heavy atom. The number of methoxy groups -OCH3 is 1. The van der Waals surface area contributed by atoms with E-state index in [1.807, 2.05) is 19.1 Å². The Morgan fingerprint density at radius 3 is 2.69 bits per heavy atom. The molecule has 0 aliphatic carbocycles. The number of rotatable bonds is 5. The van der Waals surface area contributed by atoms with E-state index in [2.05, 4.69) is 31.1 Å². The van der Waals surface area contributed by atoms with Crippen LogP contribution in [0.25, 0.3) is 21.9 Å². The summed E-state index contributed by atoms with van der Waals surface area (Å²) in [7, 11) is 1.33. The molecular formula is C21H18N4O3S. The number of thioether (sulfide) groups is 1. The first-order valence-corrected chi connectivity index (χ1v) is 9.88. The van der Waals surface area contributed by atoms with Crippen LogP contribution in [-0.4, -0.2) is 39.7 Å². The molecule has 0 spiro atoms. The summed E-state index contributed by atoms with van der Waals surface area (Å²) in [6, 6.07) is 12.7. The Hall–Kier alpha value is -3.39. The molecule has 0 aliphatic heterocycles. The first kappa shape index (κ1) is 18.9. The SMILES string of the molecule is COC(=O)c1ccc(NC(=O)CSc2ncnc3c2[nH]c2ccc(C)cc23)cc1. The summed E-state index contributed by atoms with van der Waals surface area (Å²) in [5.74, 6) is -0.390. The van der Waals surface area contributed by atoms with E-state index in [-0.39, 0.29) is 11.7 Å². The van der Waals surface area contributed by atoms with Gasteiger partial charge in [0.25, 0.3) is 0 Å². The number of carbonyl (C=O) groups is 2. The second kappa shape index (κ2) is 7.92. The average molecular weight is 406 g/mol. The minimum absolute atomic E-state index is 0.167. The fraction of sp³-hybridized carbons (Fsp3) is 0.143. The summed E-state index contributed by atoms with van der Waals surface area (Å²) in [4.78, 5) is 35.9. The fourth-order valence-electron chi connectivity index (χ4n) is 3.03. The predicted molar refractivity (Wildman–Crippen MR) is 113 cm³/mol. The second-order valence-corrected chi connectivity index (χ2v) is 7.45. The third kappa shape index (κ3) is 3.93. The summed E-state index contributed by atoms with van der Waals surface area (Å²) < 4.78 is 4.66. The topological polar surface area (TPSA) is 97.0 Å². The molecule has 0 bridgehead atoms. The van der Waals surface area contributed by atoms with Gasteiger partial charge in [-0.25, -0.2) is 14.8 Å². The van der Waals surface area contributed by atoms with Gasteiger partial charge in [-0.1, -0.05) is 23.4 Å². The predicted octanol–water partition coefficient (Wildman–Crippen LogP) is 3.94. The van der Waals surface area contributed by atoms with Crippen LogP contribution in [0.5, 0.6) is 0 Å². The number of fused-ring (bicyclic) bond motifs is 3. The van der Waals surface area contributed by atoms with Gasteiger partial charge >= 0.3 is 5.97 Å². The van der Waals surface area contributed by atoms with Crippen LogP contribution < -0.4 is 5.32 Å². The van der Waals surface area contributed by atoms with Gasteiger partial charge in [-0.3, -0.25) is 4.79 Å². The van der Waals surface area contributed by atoms with Gasteiger partial charge in [-0.05, 0) is 43.3 Å². The molecule has 2 aromatic heterocycles. The van der Waals surface area contributed by atoms with E-state index < -0.39 is 5.97 Å². The second-order valence-electron chi connectivity index (χ2n) is 6.48. The molecule has 2 heterocycles. The van der Waals surface area contributed by atoms with Crippen LogP contribution in [-0.2, 0) is 9.53 Å². The molecule has 0 saturated carbocycles. The van der Waals surface area contributed by atoms with E-state index in [4.69, 9.17) is 0 Å². The first-order chi connectivity index (χ1) is 14.0. The normalized spacial score (nSPS) is 11.0. The highest BCUT2D eigenvalue weighted by atomic mass is 32.2. The number of anilines is 1. The first-order valence-electron chi connectivity index (χ1n) is 8.89. The molecule has 0 fully saturated rings. The number of nitrogens with one attached hydrogen (secondary N) is 2. The number of nitrogens with zero attached hydrogens (tertiary/aromatic N) is 2. The third-order valence-electron chi connectivity index (χ3n) is 4.43. The zero-order valence-electron chi connectivity index (χ0n) is 15.9. The van der Waals surface area contributed by atoms with Gasteiger partial charge in [0, 0.05) is 16.6 Å². The van der Waals surface area contributed by atoms with Crippen molar-refractivity contribution in [3.63, 3.8) is 0 Å². The van der Waals surface area contributed by atoms with Crippen LogP contribution in [0.1, 0.15) is 15.9 Å². The monoisotopic (exact) mass is 406 g/mol. The Bertz CT molecular complexity index is 1220. The molecule has 2 N–H and O–H groups in total. The van der Waals surface area contributed by atoms with Gasteiger partial charge in [0.1, 0.15) is 16.9 Å². The highest BCUT2D eigenvalue weighted by Crippen LogP contribution is 2.30. The lowest BCUT2D eigenvalue weighted by atomic mass is 10.2. The molecule has 0 radical (unpaired) electrons. The van der Waals surface area contributed by atoms with Gasteiger partial charge in [-0.15, -0.1) is 0 Å². The number of hydrogen-bond acceptors (Lipinski definition) is 6. The van der Waals surface area contributed by atoms with Gasteiger partial charge in [-0.2, -0.15) is 0 Å². The fourth-order valence-corrected chi connectivity index (χ4v) is 3.79. The Morgan fingerprint density at radius 1 is 1.14 bits per heavy atom. The Labute approximate surface area is 170 Å². The zero-order chi connectivity index (χ0) is 20.4. The van der Waals surface area contributed by atoms with E-state index in [0.29, 0.717) is 11.3 Å². The molecule has 29 heavy (non-hydrogen) atoms. The average Bonchev–Trinajstić information content (AvgIpc) is 3.10. The lowest BCUT2D eigenvalue weighted by Crippen LogP contribution is -2.14. The number of aryl methyl sites for hydroxylation is 1. The van der Waals surface area contributed by atoms with Crippen molar-refractivity contribution in [1.82, 2.24) is 15.0 Å². The van der Waals surface area contributed by atoms with Gasteiger partial charge in [0.05, 0.1) is 23.9 Å². The molecule has 1 amide bonds. The highest BCUT2D eigenvalue weighted by molar-refractivity contribution is 8.00. The van der Waals surface area contributed by atoms with Crippen molar-refractivity contribution in [2.45, 2.75) is 11.9 Å². The number of amides is 1. The molecule has 0 unspecified atom stereocenters. The Kier molecular flexibility index (Phi) is 5.18. The van der Waals surface area contributed by atoms with Crippen molar-refractivity contribution in [1.29, 1.82) is 0 Å².